The fourth-order valence-corrected chi connectivity index (χ4v) is 0.186. The van der Waals surface area contributed by atoms with Crippen molar-refractivity contribution in [3.05, 3.63) is 0 Å². The molecule has 0 saturated heterocycles. The number of rotatable bonds is 2. The molecule has 0 rings (SSSR count). The fraction of sp³-hybridized carbons (Fsp3) is 0.667. The van der Waals surface area contributed by atoms with Crippen molar-refractivity contribution >= 4 is 17.6 Å². The molecule has 0 amide bonds. The number of hydrogen-bond acceptors (Lipinski definition) is 1. The minimum atomic E-state index is -5.44. The molecule has 0 aromatic heterocycles. The van der Waals surface area contributed by atoms with E-state index in [1.54, 1.807) is 0 Å². The van der Waals surface area contributed by atoms with E-state index in [-0.39, 0.29) is 0 Å². The molecule has 0 spiro atoms. The lowest BCUT2D eigenvalue weighted by Gasteiger charge is -2.14. The minimum Gasteiger partial charge on any atom is -0.254 e. The largest absolute Gasteiger partial charge is 0.412 e. The highest BCUT2D eigenvalue weighted by Gasteiger charge is 2.61. The van der Waals surface area contributed by atoms with Gasteiger partial charge in [-0.25, -0.2) is 0 Å². The fourth-order valence-electron chi connectivity index (χ4n) is 0.111. The van der Waals surface area contributed by atoms with Gasteiger partial charge < -0.3 is 0 Å². The summed E-state index contributed by atoms with van der Waals surface area (Å²) in [4.78, 5) is 9.13. The van der Waals surface area contributed by atoms with Crippen molar-refractivity contribution in [1.29, 1.82) is 0 Å². The molecule has 0 aromatic carbocycles. The SMILES string of the molecule is O=C(F)C(F)(F)C(F)(F)Cl. The molecule has 0 heterocycles. The van der Waals surface area contributed by atoms with Crippen LogP contribution in [-0.4, -0.2) is 17.3 Å². The van der Waals surface area contributed by atoms with Crippen LogP contribution in [0.4, 0.5) is 22.0 Å². The monoisotopic (exact) mass is 182 g/mol. The Morgan fingerprint density at radius 2 is 1.50 bits per heavy atom. The standard InChI is InChI=1S/C3ClF5O/c4-3(8,9)2(6,7)1(5)10. The maximum absolute atomic E-state index is 11.4. The summed E-state index contributed by atoms with van der Waals surface area (Å²) in [7, 11) is 0. The first kappa shape index (κ1) is 9.61. The molecular weight excluding hydrogens is 182 g/mol. The molecule has 0 saturated carbocycles. The van der Waals surface area contributed by atoms with Gasteiger partial charge in [-0.05, 0) is 11.6 Å². The van der Waals surface area contributed by atoms with E-state index in [0.29, 0.717) is 0 Å². The molecule has 7 heteroatoms. The van der Waals surface area contributed by atoms with Gasteiger partial charge in [0.2, 0.25) is 0 Å². The molecule has 0 aliphatic heterocycles. The van der Waals surface area contributed by atoms with Crippen LogP contribution in [0.2, 0.25) is 0 Å². The number of alkyl halides is 5. The van der Waals surface area contributed by atoms with E-state index in [2.05, 4.69) is 11.6 Å². The number of halogens is 6. The van der Waals surface area contributed by atoms with Gasteiger partial charge in [0.05, 0.1) is 0 Å². The molecule has 0 atom stereocenters. The predicted molar refractivity (Wildman–Crippen MR) is 21.9 cm³/mol. The smallest absolute Gasteiger partial charge is 0.254 e. The first-order chi connectivity index (χ1) is 4.19. The highest BCUT2D eigenvalue weighted by Crippen LogP contribution is 2.38. The first-order valence-electron chi connectivity index (χ1n) is 1.84. The Morgan fingerprint density at radius 1 is 1.20 bits per heavy atom. The lowest BCUT2D eigenvalue weighted by atomic mass is 10.4. The summed E-state index contributed by atoms with van der Waals surface area (Å²) >= 11 is 3.68. The van der Waals surface area contributed by atoms with Crippen LogP contribution in [0.3, 0.4) is 0 Å². The topological polar surface area (TPSA) is 17.1 Å². The van der Waals surface area contributed by atoms with Crippen LogP contribution in [0.15, 0.2) is 0 Å². The summed E-state index contributed by atoms with van der Waals surface area (Å²) in [5.74, 6) is -5.44. The van der Waals surface area contributed by atoms with Gasteiger partial charge in [-0.2, -0.15) is 22.0 Å². The second-order valence-electron chi connectivity index (χ2n) is 1.35. The molecule has 0 aliphatic carbocycles. The van der Waals surface area contributed by atoms with Gasteiger partial charge in [0, 0.05) is 0 Å². The molecule has 10 heavy (non-hydrogen) atoms. The Balaban J connectivity index is 4.57. The average molecular weight is 182 g/mol. The summed E-state index contributed by atoms with van der Waals surface area (Å²) in [6, 6.07) is -3.45. The van der Waals surface area contributed by atoms with E-state index in [4.69, 9.17) is 4.79 Å². The molecular formula is C3ClF5O. The Morgan fingerprint density at radius 3 is 1.50 bits per heavy atom. The Bertz CT molecular complexity index is 149. The van der Waals surface area contributed by atoms with Crippen LogP contribution in [0.25, 0.3) is 0 Å². The zero-order chi connectivity index (χ0) is 8.58. The lowest BCUT2D eigenvalue weighted by Crippen LogP contribution is -2.41. The van der Waals surface area contributed by atoms with Crippen molar-refractivity contribution in [3.63, 3.8) is 0 Å². The highest BCUT2D eigenvalue weighted by molar-refractivity contribution is 6.24. The normalized spacial score (nSPS) is 13.4. The van der Waals surface area contributed by atoms with Gasteiger partial charge >= 0.3 is 17.3 Å². The van der Waals surface area contributed by atoms with E-state index in [1.807, 2.05) is 0 Å². The number of carbonyl (C=O) groups is 1. The van der Waals surface area contributed by atoms with Crippen LogP contribution in [-0.2, 0) is 4.79 Å². The third-order valence-corrected chi connectivity index (χ3v) is 0.840. The molecule has 0 fully saturated rings. The third kappa shape index (κ3) is 1.56. The Hall–Kier alpha value is -0.390. The number of carbonyl (C=O) groups excluding carboxylic acids is 1. The summed E-state index contributed by atoms with van der Waals surface area (Å²) in [6.45, 7) is 0. The van der Waals surface area contributed by atoms with E-state index in [9.17, 15) is 22.0 Å². The minimum absolute atomic E-state index is 3.45. The van der Waals surface area contributed by atoms with E-state index in [1.165, 1.54) is 0 Å². The first-order valence-corrected chi connectivity index (χ1v) is 2.22. The zero-order valence-electron chi connectivity index (χ0n) is 4.18. The third-order valence-electron chi connectivity index (χ3n) is 0.603. The molecule has 0 aliphatic rings. The van der Waals surface area contributed by atoms with Crippen molar-refractivity contribution in [1.82, 2.24) is 0 Å². The van der Waals surface area contributed by atoms with Gasteiger partial charge in [-0.3, -0.25) is 4.79 Å². The van der Waals surface area contributed by atoms with Crippen molar-refractivity contribution < 1.29 is 26.7 Å². The van der Waals surface area contributed by atoms with Crippen molar-refractivity contribution in [2.75, 3.05) is 0 Å². The van der Waals surface area contributed by atoms with Gasteiger partial charge in [-0.15, -0.1) is 0 Å². The van der Waals surface area contributed by atoms with Crippen LogP contribution >= 0.6 is 11.6 Å². The summed E-state index contributed by atoms with van der Waals surface area (Å²) < 4.78 is 56.5. The van der Waals surface area contributed by atoms with Gasteiger partial charge in [0.15, 0.2) is 0 Å². The summed E-state index contributed by atoms with van der Waals surface area (Å²) in [5, 5.41) is -5.17. The van der Waals surface area contributed by atoms with Crippen LogP contribution < -0.4 is 0 Å². The molecule has 1 nitrogen and oxygen atoms in total. The molecule has 0 radical (unpaired) electrons. The second kappa shape index (κ2) is 2.34. The van der Waals surface area contributed by atoms with E-state index in [0.717, 1.165) is 0 Å². The molecule has 0 N–H and O–H groups in total. The van der Waals surface area contributed by atoms with Gasteiger partial charge in [0.1, 0.15) is 0 Å². The molecule has 0 bridgehead atoms. The Labute approximate surface area is 56.8 Å². The average Bonchev–Trinajstić information content (AvgIpc) is 1.62. The van der Waals surface area contributed by atoms with Crippen LogP contribution in [0, 0.1) is 0 Å². The predicted octanol–water partition coefficient (Wildman–Crippen LogP) is 1.95. The van der Waals surface area contributed by atoms with Crippen LogP contribution in [0.1, 0.15) is 0 Å². The van der Waals surface area contributed by atoms with Gasteiger partial charge in [-0.1, -0.05) is 0 Å². The summed E-state index contributed by atoms with van der Waals surface area (Å²) in [5.41, 5.74) is 0. The van der Waals surface area contributed by atoms with Gasteiger partial charge in [0.25, 0.3) is 0 Å². The van der Waals surface area contributed by atoms with Crippen molar-refractivity contribution in [2.24, 2.45) is 0 Å². The van der Waals surface area contributed by atoms with E-state index >= 15 is 0 Å². The maximum Gasteiger partial charge on any atom is 0.412 e. The maximum atomic E-state index is 11.4. The molecule has 60 valence electrons. The van der Waals surface area contributed by atoms with E-state index < -0.39 is 17.3 Å². The van der Waals surface area contributed by atoms with Crippen LogP contribution in [0.5, 0.6) is 0 Å². The quantitative estimate of drug-likeness (QED) is 0.362. The van der Waals surface area contributed by atoms with Crippen molar-refractivity contribution in [3.8, 4) is 0 Å². The zero-order valence-corrected chi connectivity index (χ0v) is 4.93. The number of hydrogen-bond donors (Lipinski definition) is 0. The van der Waals surface area contributed by atoms with Crippen molar-refractivity contribution in [2.45, 2.75) is 11.3 Å². The molecule has 0 unspecified atom stereocenters. The second-order valence-corrected chi connectivity index (χ2v) is 1.82. The molecule has 0 aromatic rings. The lowest BCUT2D eigenvalue weighted by molar-refractivity contribution is -0.189. The highest BCUT2D eigenvalue weighted by atomic mass is 35.5. The summed E-state index contributed by atoms with van der Waals surface area (Å²) in [6.07, 6.45) is 0. The Kier molecular flexibility index (Phi) is 2.24.